The van der Waals surface area contributed by atoms with Crippen LogP contribution >= 0.6 is 0 Å². The normalized spacial score (nSPS) is 17.5. The Bertz CT molecular complexity index is 799. The van der Waals surface area contributed by atoms with Gasteiger partial charge >= 0.3 is 0 Å². The molecule has 2 heterocycles. The van der Waals surface area contributed by atoms with E-state index in [9.17, 15) is 0 Å². The molecule has 1 aliphatic rings. The average molecular weight is 414 g/mol. The van der Waals surface area contributed by atoms with Crippen LogP contribution < -0.4 is 10.6 Å². The van der Waals surface area contributed by atoms with E-state index in [2.05, 4.69) is 69.8 Å². The van der Waals surface area contributed by atoms with Gasteiger partial charge in [-0.1, -0.05) is 30.3 Å². The standard InChI is InChI=1S/C22H35N7O/c1-5-23-21(28(3)15-20-25-17-26-29(20)4)24-16-22(11-13-30-14-12-22)27-18(2)19-9-7-6-8-10-19/h6-10,17-18,27H,5,11-16H2,1-4H3,(H,23,24). The third-order valence-corrected chi connectivity index (χ3v) is 5.68. The fourth-order valence-corrected chi connectivity index (χ4v) is 3.84. The lowest BCUT2D eigenvalue weighted by atomic mass is 9.88. The first kappa shape index (κ1) is 22.2. The number of nitrogens with zero attached hydrogens (tertiary/aromatic N) is 5. The van der Waals surface area contributed by atoms with E-state index in [1.165, 1.54) is 5.56 Å². The molecule has 0 aliphatic carbocycles. The zero-order valence-electron chi connectivity index (χ0n) is 18.6. The predicted molar refractivity (Wildman–Crippen MR) is 119 cm³/mol. The van der Waals surface area contributed by atoms with E-state index >= 15 is 0 Å². The van der Waals surface area contributed by atoms with E-state index in [0.717, 1.165) is 44.4 Å². The summed E-state index contributed by atoms with van der Waals surface area (Å²) in [4.78, 5) is 11.5. The van der Waals surface area contributed by atoms with Gasteiger partial charge in [-0.3, -0.25) is 9.67 Å². The predicted octanol–water partition coefficient (Wildman–Crippen LogP) is 2.11. The quantitative estimate of drug-likeness (QED) is 0.510. The Morgan fingerprint density at radius 2 is 2.03 bits per heavy atom. The Kier molecular flexibility index (Phi) is 7.81. The number of guanidine groups is 1. The molecule has 0 bridgehead atoms. The van der Waals surface area contributed by atoms with Crippen molar-refractivity contribution in [3.63, 3.8) is 0 Å². The first-order chi connectivity index (χ1) is 14.5. The molecule has 164 valence electrons. The Balaban J connectivity index is 1.74. The zero-order chi connectivity index (χ0) is 21.4. The summed E-state index contributed by atoms with van der Waals surface area (Å²) in [5, 5.41) is 11.5. The smallest absolute Gasteiger partial charge is 0.194 e. The van der Waals surface area contributed by atoms with Crippen molar-refractivity contribution in [2.45, 2.75) is 44.8 Å². The third kappa shape index (κ3) is 5.79. The van der Waals surface area contributed by atoms with Crippen molar-refractivity contribution >= 4 is 5.96 Å². The summed E-state index contributed by atoms with van der Waals surface area (Å²) in [6.45, 7) is 7.98. The first-order valence-electron chi connectivity index (χ1n) is 10.8. The summed E-state index contributed by atoms with van der Waals surface area (Å²) in [7, 11) is 3.94. The molecule has 8 heteroatoms. The van der Waals surface area contributed by atoms with Gasteiger partial charge in [0.1, 0.15) is 12.2 Å². The molecule has 30 heavy (non-hydrogen) atoms. The SMILES string of the molecule is CCNC(=NCC1(NC(C)c2ccccc2)CCOCC1)N(C)Cc1ncnn1C. The highest BCUT2D eigenvalue weighted by Crippen LogP contribution is 2.26. The third-order valence-electron chi connectivity index (χ3n) is 5.68. The Morgan fingerprint density at radius 3 is 2.67 bits per heavy atom. The van der Waals surface area contributed by atoms with Crippen LogP contribution in [0.2, 0.25) is 0 Å². The highest BCUT2D eigenvalue weighted by molar-refractivity contribution is 5.79. The van der Waals surface area contributed by atoms with Gasteiger partial charge in [0.05, 0.1) is 13.1 Å². The van der Waals surface area contributed by atoms with Crippen LogP contribution in [0.25, 0.3) is 0 Å². The second-order valence-electron chi connectivity index (χ2n) is 8.00. The van der Waals surface area contributed by atoms with Gasteiger partial charge in [-0.05, 0) is 32.3 Å². The molecule has 8 nitrogen and oxygen atoms in total. The molecule has 1 unspecified atom stereocenters. The summed E-state index contributed by atoms with van der Waals surface area (Å²) in [5.74, 6) is 1.78. The maximum atomic E-state index is 5.66. The van der Waals surface area contributed by atoms with E-state index in [0.29, 0.717) is 13.1 Å². The maximum absolute atomic E-state index is 5.66. The lowest BCUT2D eigenvalue weighted by Crippen LogP contribution is -2.53. The van der Waals surface area contributed by atoms with E-state index in [4.69, 9.17) is 9.73 Å². The van der Waals surface area contributed by atoms with Crippen molar-refractivity contribution in [2.75, 3.05) is 33.4 Å². The van der Waals surface area contributed by atoms with Crippen LogP contribution in [-0.4, -0.2) is 64.5 Å². The molecule has 1 fully saturated rings. The second kappa shape index (κ2) is 10.5. The second-order valence-corrected chi connectivity index (χ2v) is 8.00. The van der Waals surface area contributed by atoms with Crippen molar-refractivity contribution in [1.82, 2.24) is 30.3 Å². The van der Waals surface area contributed by atoms with Crippen molar-refractivity contribution in [3.8, 4) is 0 Å². The van der Waals surface area contributed by atoms with Crippen LogP contribution in [0.15, 0.2) is 41.7 Å². The van der Waals surface area contributed by atoms with E-state index < -0.39 is 0 Å². The summed E-state index contributed by atoms with van der Waals surface area (Å²) in [5.41, 5.74) is 1.21. The van der Waals surface area contributed by atoms with Crippen LogP contribution in [0.1, 0.15) is 44.1 Å². The van der Waals surface area contributed by atoms with Gasteiger partial charge < -0.3 is 20.3 Å². The van der Waals surface area contributed by atoms with Crippen molar-refractivity contribution in [3.05, 3.63) is 48.0 Å². The molecule has 1 aliphatic heterocycles. The number of benzene rings is 1. The number of hydrogen-bond acceptors (Lipinski definition) is 5. The largest absolute Gasteiger partial charge is 0.381 e. The molecule has 3 rings (SSSR count). The Labute approximate surface area is 179 Å². The van der Waals surface area contributed by atoms with E-state index in [-0.39, 0.29) is 11.6 Å². The minimum Gasteiger partial charge on any atom is -0.381 e. The van der Waals surface area contributed by atoms with Crippen molar-refractivity contribution in [1.29, 1.82) is 0 Å². The number of ether oxygens (including phenoxy) is 1. The van der Waals surface area contributed by atoms with Gasteiger partial charge in [-0.25, -0.2) is 4.98 Å². The number of rotatable bonds is 8. The van der Waals surface area contributed by atoms with Crippen molar-refractivity contribution in [2.24, 2.45) is 12.0 Å². The number of hydrogen-bond donors (Lipinski definition) is 2. The number of aryl methyl sites for hydroxylation is 1. The van der Waals surface area contributed by atoms with Gasteiger partial charge in [-0.15, -0.1) is 0 Å². The summed E-state index contributed by atoms with van der Waals surface area (Å²) in [6, 6.07) is 10.8. The molecule has 1 saturated heterocycles. The number of aliphatic imine (C=N–C) groups is 1. The fourth-order valence-electron chi connectivity index (χ4n) is 3.84. The van der Waals surface area contributed by atoms with Gasteiger partial charge in [0.25, 0.3) is 0 Å². The molecule has 1 aromatic heterocycles. The van der Waals surface area contributed by atoms with Gasteiger partial charge in [0.15, 0.2) is 5.96 Å². The van der Waals surface area contributed by atoms with E-state index in [1.54, 1.807) is 11.0 Å². The lowest BCUT2D eigenvalue weighted by Gasteiger charge is -2.39. The minimum absolute atomic E-state index is 0.0835. The molecule has 0 amide bonds. The number of aromatic nitrogens is 3. The molecule has 1 aromatic carbocycles. The van der Waals surface area contributed by atoms with Gasteiger partial charge in [0.2, 0.25) is 0 Å². The monoisotopic (exact) mass is 413 g/mol. The Morgan fingerprint density at radius 1 is 1.30 bits per heavy atom. The van der Waals surface area contributed by atoms with Crippen LogP contribution in [0.4, 0.5) is 0 Å². The number of nitrogens with one attached hydrogen (secondary N) is 2. The van der Waals surface area contributed by atoms with Crippen LogP contribution in [0, 0.1) is 0 Å². The molecule has 0 saturated carbocycles. The highest BCUT2D eigenvalue weighted by atomic mass is 16.5. The molecule has 0 radical (unpaired) electrons. The average Bonchev–Trinajstić information content (AvgIpc) is 3.16. The van der Waals surface area contributed by atoms with Crippen LogP contribution in [0.3, 0.4) is 0 Å². The molecule has 2 aromatic rings. The summed E-state index contributed by atoms with van der Waals surface area (Å²) in [6.07, 6.45) is 3.47. The maximum Gasteiger partial charge on any atom is 0.194 e. The first-order valence-corrected chi connectivity index (χ1v) is 10.8. The van der Waals surface area contributed by atoms with Crippen molar-refractivity contribution < 1.29 is 4.74 Å². The lowest BCUT2D eigenvalue weighted by molar-refractivity contribution is 0.0373. The van der Waals surface area contributed by atoms with Gasteiger partial charge in [0, 0.05) is 45.4 Å². The zero-order valence-corrected chi connectivity index (χ0v) is 18.6. The molecular weight excluding hydrogens is 378 g/mol. The van der Waals surface area contributed by atoms with Crippen LogP contribution in [-0.2, 0) is 18.3 Å². The van der Waals surface area contributed by atoms with Crippen LogP contribution in [0.5, 0.6) is 0 Å². The fraction of sp³-hybridized carbons (Fsp3) is 0.591. The Hall–Kier alpha value is -2.45. The highest BCUT2D eigenvalue weighted by Gasteiger charge is 2.34. The van der Waals surface area contributed by atoms with E-state index in [1.807, 2.05) is 14.1 Å². The minimum atomic E-state index is -0.0835. The van der Waals surface area contributed by atoms with Gasteiger partial charge in [-0.2, -0.15) is 5.10 Å². The summed E-state index contributed by atoms with van der Waals surface area (Å²) >= 11 is 0. The topological polar surface area (TPSA) is 79.6 Å². The molecular formula is C22H35N7O. The molecule has 1 atom stereocenters. The summed E-state index contributed by atoms with van der Waals surface area (Å²) < 4.78 is 7.46. The molecule has 2 N–H and O–H groups in total. The molecule has 0 spiro atoms.